The third-order valence-corrected chi connectivity index (χ3v) is 6.83. The summed E-state index contributed by atoms with van der Waals surface area (Å²) in [6, 6.07) is 8.87. The molecular formula is C22H12ClF5N2O3S. The molecule has 0 aliphatic heterocycles. The first-order chi connectivity index (χ1) is 15.9. The molecule has 1 heterocycles. The maximum atomic E-state index is 14.1. The number of carbonyl (C=O) groups excluding carboxylic acids is 1. The summed E-state index contributed by atoms with van der Waals surface area (Å²) in [6.07, 6.45) is -4.17. The highest BCUT2D eigenvalue weighted by atomic mass is 35.5. The standard InChI is InChI=1S/C22H12ClF5N2O3S/c23-17-2-1-3-18(25)21(17)20(31)7-12-4-5-13-11-29-30(19(13)6-12)34(32,33)16-9-14(22(26,27)28)8-15(24)10-16/h1-6,8-11H,7H2. The second-order valence-electron chi connectivity index (χ2n) is 7.26. The lowest BCUT2D eigenvalue weighted by atomic mass is 10.0. The van der Waals surface area contributed by atoms with Crippen LogP contribution >= 0.6 is 11.6 Å². The summed E-state index contributed by atoms with van der Waals surface area (Å²) in [5.41, 5.74) is -1.60. The molecule has 0 aliphatic rings. The number of alkyl halides is 3. The van der Waals surface area contributed by atoms with E-state index in [4.69, 9.17) is 11.6 Å². The van der Waals surface area contributed by atoms with Crippen LogP contribution in [-0.4, -0.2) is 23.4 Å². The van der Waals surface area contributed by atoms with Gasteiger partial charge in [0.05, 0.1) is 32.8 Å². The van der Waals surface area contributed by atoms with Gasteiger partial charge in [-0.2, -0.15) is 30.8 Å². The van der Waals surface area contributed by atoms with E-state index in [9.17, 15) is 35.2 Å². The minimum atomic E-state index is -4.97. The predicted octanol–water partition coefficient (Wildman–Crippen LogP) is 5.65. The van der Waals surface area contributed by atoms with Crippen LogP contribution in [0.15, 0.2) is 65.7 Å². The Bertz CT molecular complexity index is 1530. The van der Waals surface area contributed by atoms with Gasteiger partial charge in [-0.15, -0.1) is 0 Å². The molecule has 0 atom stereocenters. The van der Waals surface area contributed by atoms with Crippen molar-refractivity contribution in [3.63, 3.8) is 0 Å². The molecule has 0 unspecified atom stereocenters. The van der Waals surface area contributed by atoms with Crippen LogP contribution in [-0.2, 0) is 22.6 Å². The Morgan fingerprint density at radius 1 is 1.03 bits per heavy atom. The molecule has 0 saturated heterocycles. The zero-order valence-corrected chi connectivity index (χ0v) is 18.3. The molecule has 0 N–H and O–H groups in total. The lowest BCUT2D eigenvalue weighted by Crippen LogP contribution is -2.16. The van der Waals surface area contributed by atoms with Crippen LogP contribution in [0.2, 0.25) is 5.02 Å². The lowest BCUT2D eigenvalue weighted by Gasteiger charge is -2.11. The minimum Gasteiger partial charge on any atom is -0.294 e. The van der Waals surface area contributed by atoms with Crippen molar-refractivity contribution >= 4 is 38.3 Å². The van der Waals surface area contributed by atoms with Crippen molar-refractivity contribution in [2.24, 2.45) is 0 Å². The zero-order chi connectivity index (χ0) is 24.8. The summed E-state index contributed by atoms with van der Waals surface area (Å²) in [7, 11) is -4.74. The number of rotatable bonds is 5. The Kier molecular flexibility index (Phi) is 5.94. The molecule has 34 heavy (non-hydrogen) atoms. The smallest absolute Gasteiger partial charge is 0.294 e. The molecule has 0 amide bonds. The molecule has 0 fully saturated rings. The number of nitrogens with zero attached hydrogens (tertiary/aromatic N) is 2. The number of ketones is 1. The van der Waals surface area contributed by atoms with Crippen molar-refractivity contribution in [3.05, 3.63) is 94.1 Å². The van der Waals surface area contributed by atoms with Gasteiger partial charge < -0.3 is 0 Å². The highest BCUT2D eigenvalue weighted by molar-refractivity contribution is 7.90. The number of fused-ring (bicyclic) bond motifs is 1. The quantitative estimate of drug-likeness (QED) is 0.255. The SMILES string of the molecule is O=C(Cc1ccc2cnn(S(=O)(=O)c3cc(F)cc(C(F)(F)F)c3)c2c1)c1c(F)cccc1Cl. The average Bonchev–Trinajstić information content (AvgIpc) is 3.16. The Labute approximate surface area is 194 Å². The summed E-state index contributed by atoms with van der Waals surface area (Å²) < 4.78 is 93.5. The highest BCUT2D eigenvalue weighted by Crippen LogP contribution is 2.32. The van der Waals surface area contributed by atoms with Gasteiger partial charge in [-0.3, -0.25) is 4.79 Å². The van der Waals surface area contributed by atoms with Gasteiger partial charge >= 0.3 is 6.18 Å². The first-order valence-electron chi connectivity index (χ1n) is 9.45. The van der Waals surface area contributed by atoms with Crippen molar-refractivity contribution in [2.75, 3.05) is 0 Å². The third-order valence-electron chi connectivity index (χ3n) is 4.93. The predicted molar refractivity (Wildman–Crippen MR) is 113 cm³/mol. The van der Waals surface area contributed by atoms with E-state index in [1.54, 1.807) is 0 Å². The topological polar surface area (TPSA) is 69.0 Å². The van der Waals surface area contributed by atoms with E-state index < -0.39 is 44.1 Å². The molecule has 4 rings (SSSR count). The Balaban J connectivity index is 1.76. The molecule has 12 heteroatoms. The van der Waals surface area contributed by atoms with Crippen molar-refractivity contribution in [1.82, 2.24) is 9.19 Å². The van der Waals surface area contributed by atoms with Crippen LogP contribution in [0.5, 0.6) is 0 Å². The molecule has 5 nitrogen and oxygen atoms in total. The highest BCUT2D eigenvalue weighted by Gasteiger charge is 2.33. The van der Waals surface area contributed by atoms with Crippen LogP contribution in [0.4, 0.5) is 22.0 Å². The summed E-state index contributed by atoms with van der Waals surface area (Å²) in [5.74, 6) is -2.88. The summed E-state index contributed by atoms with van der Waals surface area (Å²) in [5, 5.41) is 3.93. The molecule has 176 valence electrons. The number of hydrogen-bond donors (Lipinski definition) is 0. The van der Waals surface area contributed by atoms with Crippen LogP contribution in [0.25, 0.3) is 10.9 Å². The maximum absolute atomic E-state index is 14.1. The summed E-state index contributed by atoms with van der Waals surface area (Å²) in [4.78, 5) is 11.6. The van der Waals surface area contributed by atoms with E-state index in [2.05, 4.69) is 5.10 Å². The van der Waals surface area contributed by atoms with E-state index in [0.29, 0.717) is 16.2 Å². The normalized spacial score (nSPS) is 12.3. The molecule has 0 spiro atoms. The summed E-state index contributed by atoms with van der Waals surface area (Å²) in [6.45, 7) is 0. The average molecular weight is 515 g/mol. The Morgan fingerprint density at radius 2 is 1.76 bits per heavy atom. The molecule has 0 aliphatic carbocycles. The van der Waals surface area contributed by atoms with Crippen molar-refractivity contribution in [3.8, 4) is 0 Å². The number of benzene rings is 3. The van der Waals surface area contributed by atoms with Crippen LogP contribution in [0, 0.1) is 11.6 Å². The van der Waals surface area contributed by atoms with Crippen LogP contribution in [0.3, 0.4) is 0 Å². The fourth-order valence-corrected chi connectivity index (χ4v) is 4.95. The molecule has 0 bridgehead atoms. The molecular weight excluding hydrogens is 503 g/mol. The van der Waals surface area contributed by atoms with E-state index in [1.807, 2.05) is 0 Å². The second-order valence-corrected chi connectivity index (χ2v) is 9.43. The first kappa shape index (κ1) is 23.8. The van der Waals surface area contributed by atoms with E-state index >= 15 is 0 Å². The molecule has 3 aromatic carbocycles. The molecule has 4 aromatic rings. The monoisotopic (exact) mass is 514 g/mol. The van der Waals surface area contributed by atoms with E-state index in [-0.39, 0.29) is 39.5 Å². The number of Topliss-reactive ketones (excluding diaryl/α,β-unsaturated/α-hetero) is 1. The Hall–Kier alpha value is -3.31. The fourth-order valence-electron chi connectivity index (χ4n) is 3.36. The Morgan fingerprint density at radius 3 is 2.44 bits per heavy atom. The number of carbonyl (C=O) groups is 1. The van der Waals surface area contributed by atoms with E-state index in [0.717, 1.165) is 12.3 Å². The molecule has 0 radical (unpaired) electrons. The van der Waals surface area contributed by atoms with Gasteiger partial charge in [0.1, 0.15) is 11.6 Å². The van der Waals surface area contributed by atoms with Gasteiger partial charge in [0.25, 0.3) is 10.0 Å². The van der Waals surface area contributed by atoms with Gasteiger partial charge in [-0.1, -0.05) is 29.8 Å². The summed E-state index contributed by atoms with van der Waals surface area (Å²) >= 11 is 5.91. The van der Waals surface area contributed by atoms with Gasteiger partial charge in [-0.05, 0) is 42.0 Å². The molecule has 0 saturated carbocycles. The van der Waals surface area contributed by atoms with Gasteiger partial charge in [0, 0.05) is 11.8 Å². The van der Waals surface area contributed by atoms with Gasteiger partial charge in [0.15, 0.2) is 5.78 Å². The largest absolute Gasteiger partial charge is 0.416 e. The maximum Gasteiger partial charge on any atom is 0.416 e. The second kappa shape index (κ2) is 8.48. The number of halogens is 6. The zero-order valence-electron chi connectivity index (χ0n) is 16.8. The van der Waals surface area contributed by atoms with Crippen LogP contribution in [0.1, 0.15) is 21.5 Å². The first-order valence-corrected chi connectivity index (χ1v) is 11.3. The number of aromatic nitrogens is 2. The minimum absolute atomic E-state index is 0.0669. The van der Waals surface area contributed by atoms with Crippen molar-refractivity contribution in [2.45, 2.75) is 17.5 Å². The van der Waals surface area contributed by atoms with Gasteiger partial charge in [-0.25, -0.2) is 8.78 Å². The third kappa shape index (κ3) is 4.40. The number of hydrogen-bond acceptors (Lipinski definition) is 4. The van der Waals surface area contributed by atoms with Gasteiger partial charge in [0.2, 0.25) is 0 Å². The fraction of sp³-hybridized carbons (Fsp3) is 0.0909. The van der Waals surface area contributed by atoms with Crippen LogP contribution < -0.4 is 0 Å². The lowest BCUT2D eigenvalue weighted by molar-refractivity contribution is -0.137. The molecule has 1 aromatic heterocycles. The van der Waals surface area contributed by atoms with Crippen molar-refractivity contribution in [1.29, 1.82) is 0 Å². The van der Waals surface area contributed by atoms with E-state index in [1.165, 1.54) is 30.3 Å². The van der Waals surface area contributed by atoms with Crippen molar-refractivity contribution < 1.29 is 35.2 Å².